The molecule has 0 spiro atoms. The smallest absolute Gasteiger partial charge is 0.412 e. The number of nitrogens with two attached hydrogens (primary N) is 1. The molecular weight excluding hydrogens is 407 g/mol. The first-order chi connectivity index (χ1) is 11.8. The second-order valence-electron chi connectivity index (χ2n) is 4.70. The van der Waals surface area contributed by atoms with Gasteiger partial charge in [0.05, 0.1) is 0 Å². The molecule has 1 aromatic carbocycles. The molecule has 0 unspecified atom stereocenters. The van der Waals surface area contributed by atoms with Crippen molar-refractivity contribution in [3.63, 3.8) is 0 Å². The Balaban J connectivity index is 1.98. The average Bonchev–Trinajstić information content (AvgIpc) is 3.05. The second kappa shape index (κ2) is 6.24. The Kier molecular flexibility index (Phi) is 4.25. The van der Waals surface area contributed by atoms with Crippen LogP contribution in [0.4, 0.5) is 19.0 Å². The van der Waals surface area contributed by atoms with Gasteiger partial charge in [0.1, 0.15) is 4.60 Å². The summed E-state index contributed by atoms with van der Waals surface area (Å²) in [6, 6.07) is 8.14. The largest absolute Gasteiger partial charge is 0.436 e. The van der Waals surface area contributed by atoms with Gasteiger partial charge in [-0.1, -0.05) is 30.3 Å². The third kappa shape index (κ3) is 3.36. The minimum Gasteiger partial charge on any atom is -0.412 e. The molecule has 2 N–H and O–H groups in total. The van der Waals surface area contributed by atoms with Crippen molar-refractivity contribution in [3.05, 3.63) is 52.1 Å². The molecule has 0 aliphatic heterocycles. The van der Waals surface area contributed by atoms with Crippen LogP contribution in [-0.2, 0) is 6.18 Å². The molecule has 3 aromatic rings. The number of rotatable bonds is 3. The van der Waals surface area contributed by atoms with Gasteiger partial charge in [-0.15, -0.1) is 10.2 Å². The Labute approximate surface area is 146 Å². The molecule has 0 saturated carbocycles. The van der Waals surface area contributed by atoms with Gasteiger partial charge >= 0.3 is 6.18 Å². The third-order valence-corrected chi connectivity index (χ3v) is 3.56. The van der Waals surface area contributed by atoms with E-state index >= 15 is 0 Å². The molecule has 0 saturated heterocycles. The van der Waals surface area contributed by atoms with Crippen LogP contribution in [0.25, 0.3) is 11.6 Å². The molecule has 3 rings (SSSR count). The molecule has 2 aromatic heterocycles. The minimum atomic E-state index is -4.73. The van der Waals surface area contributed by atoms with Crippen LogP contribution < -0.4 is 5.73 Å². The van der Waals surface area contributed by atoms with E-state index in [1.54, 1.807) is 30.3 Å². The van der Waals surface area contributed by atoms with Gasteiger partial charge in [-0.3, -0.25) is 4.79 Å². The first kappa shape index (κ1) is 17.0. The molecule has 0 radical (unpaired) electrons. The molecule has 25 heavy (non-hydrogen) atoms. The van der Waals surface area contributed by atoms with E-state index in [0.717, 1.165) is 0 Å². The van der Waals surface area contributed by atoms with Gasteiger partial charge in [0.15, 0.2) is 17.2 Å². The van der Waals surface area contributed by atoms with E-state index in [2.05, 4.69) is 36.1 Å². The molecular formula is C14H7BrF3N5O2. The van der Waals surface area contributed by atoms with Crippen LogP contribution in [0.5, 0.6) is 0 Å². The number of carbonyl (C=O) groups excluding carboxylic acids is 1. The molecule has 0 aliphatic carbocycles. The number of hydrogen-bond donors (Lipinski definition) is 1. The van der Waals surface area contributed by atoms with E-state index < -0.39 is 28.1 Å². The van der Waals surface area contributed by atoms with Gasteiger partial charge in [0.25, 0.3) is 11.8 Å². The van der Waals surface area contributed by atoms with Crippen molar-refractivity contribution in [2.75, 3.05) is 5.73 Å². The molecule has 2 heterocycles. The number of nitrogen functional groups attached to an aromatic ring is 1. The summed E-state index contributed by atoms with van der Waals surface area (Å²) < 4.78 is 42.9. The molecule has 11 heteroatoms. The predicted octanol–water partition coefficient (Wildman–Crippen LogP) is 3.12. The molecule has 0 amide bonds. The predicted molar refractivity (Wildman–Crippen MR) is 82.3 cm³/mol. The van der Waals surface area contributed by atoms with Crippen LogP contribution in [0.3, 0.4) is 0 Å². The summed E-state index contributed by atoms with van der Waals surface area (Å²) in [4.78, 5) is 19.1. The van der Waals surface area contributed by atoms with E-state index in [1.807, 2.05) is 0 Å². The molecule has 128 valence electrons. The Morgan fingerprint density at radius 2 is 1.80 bits per heavy atom. The van der Waals surface area contributed by atoms with Crippen molar-refractivity contribution < 1.29 is 22.4 Å². The standard InChI is InChI=1S/C14H7BrF3N5O2/c15-10-9(14(16,17)18)21-11(19)7(20-10)12-22-23-13(25-12)8(24)6-4-2-1-3-5-6/h1-5H,(H2,19,21). The number of ketones is 1. The van der Waals surface area contributed by atoms with Gasteiger partial charge in [-0.05, 0) is 15.9 Å². The summed E-state index contributed by atoms with van der Waals surface area (Å²) >= 11 is 2.68. The van der Waals surface area contributed by atoms with Crippen molar-refractivity contribution >= 4 is 27.5 Å². The van der Waals surface area contributed by atoms with Crippen LogP contribution in [0.15, 0.2) is 39.4 Å². The zero-order valence-electron chi connectivity index (χ0n) is 12.1. The van der Waals surface area contributed by atoms with Crippen LogP contribution in [-0.4, -0.2) is 25.9 Å². The summed E-state index contributed by atoms with van der Waals surface area (Å²) in [6.45, 7) is 0. The third-order valence-electron chi connectivity index (χ3n) is 3.01. The van der Waals surface area contributed by atoms with Crippen LogP contribution in [0, 0.1) is 0 Å². The summed E-state index contributed by atoms with van der Waals surface area (Å²) in [7, 11) is 0. The van der Waals surface area contributed by atoms with Crippen molar-refractivity contribution in [3.8, 4) is 11.6 Å². The second-order valence-corrected chi connectivity index (χ2v) is 5.45. The number of aromatic nitrogens is 4. The quantitative estimate of drug-likeness (QED) is 0.657. The number of benzene rings is 1. The monoisotopic (exact) mass is 413 g/mol. The van der Waals surface area contributed by atoms with Crippen LogP contribution in [0.2, 0.25) is 0 Å². The number of hydrogen-bond acceptors (Lipinski definition) is 7. The van der Waals surface area contributed by atoms with E-state index in [0.29, 0.717) is 5.56 Å². The molecule has 0 aliphatic rings. The molecule has 7 nitrogen and oxygen atoms in total. The zero-order chi connectivity index (χ0) is 18.2. The summed E-state index contributed by atoms with van der Waals surface area (Å²) in [5, 5.41) is 7.19. The SMILES string of the molecule is Nc1nc(C(F)(F)F)c(Br)nc1-c1nnc(C(=O)c2ccccc2)o1. The Morgan fingerprint density at radius 1 is 1.12 bits per heavy atom. The summed E-state index contributed by atoms with van der Waals surface area (Å²) in [5.41, 5.74) is 4.27. The van der Waals surface area contributed by atoms with Gasteiger partial charge < -0.3 is 10.2 Å². The average molecular weight is 414 g/mol. The first-order valence-electron chi connectivity index (χ1n) is 6.61. The van der Waals surface area contributed by atoms with E-state index in [1.165, 1.54) is 0 Å². The zero-order valence-corrected chi connectivity index (χ0v) is 13.7. The number of anilines is 1. The Morgan fingerprint density at radius 3 is 2.44 bits per heavy atom. The van der Waals surface area contributed by atoms with Crippen molar-refractivity contribution in [2.45, 2.75) is 6.18 Å². The van der Waals surface area contributed by atoms with E-state index in [-0.39, 0.29) is 17.5 Å². The Bertz CT molecular complexity index is 943. The van der Waals surface area contributed by atoms with Gasteiger partial charge in [-0.25, -0.2) is 9.97 Å². The molecule has 0 atom stereocenters. The van der Waals surface area contributed by atoms with Crippen molar-refractivity contribution in [1.82, 2.24) is 20.2 Å². The number of carbonyl (C=O) groups is 1. The fourth-order valence-corrected chi connectivity index (χ4v) is 2.38. The van der Waals surface area contributed by atoms with E-state index in [9.17, 15) is 18.0 Å². The highest BCUT2D eigenvalue weighted by molar-refractivity contribution is 9.10. The minimum absolute atomic E-state index is 0.264. The highest BCUT2D eigenvalue weighted by Gasteiger charge is 2.37. The number of nitrogens with zero attached hydrogens (tertiary/aromatic N) is 4. The first-order valence-corrected chi connectivity index (χ1v) is 7.40. The lowest BCUT2D eigenvalue weighted by Crippen LogP contribution is -2.13. The highest BCUT2D eigenvalue weighted by atomic mass is 79.9. The van der Waals surface area contributed by atoms with E-state index in [4.69, 9.17) is 10.2 Å². The van der Waals surface area contributed by atoms with Crippen LogP contribution >= 0.6 is 15.9 Å². The summed E-state index contributed by atoms with van der Waals surface area (Å²) in [6.07, 6.45) is -4.73. The lowest BCUT2D eigenvalue weighted by molar-refractivity contribution is -0.142. The number of alkyl halides is 3. The maximum absolute atomic E-state index is 12.8. The highest BCUT2D eigenvalue weighted by Crippen LogP contribution is 2.35. The normalized spacial score (nSPS) is 11.5. The van der Waals surface area contributed by atoms with Crippen LogP contribution in [0.1, 0.15) is 21.9 Å². The fraction of sp³-hybridized carbons (Fsp3) is 0.0714. The lowest BCUT2D eigenvalue weighted by Gasteiger charge is -2.09. The lowest BCUT2D eigenvalue weighted by atomic mass is 10.1. The van der Waals surface area contributed by atoms with Gasteiger partial charge in [0, 0.05) is 5.56 Å². The maximum atomic E-state index is 12.8. The Hall–Kier alpha value is -2.82. The maximum Gasteiger partial charge on any atom is 0.436 e. The van der Waals surface area contributed by atoms with Gasteiger partial charge in [0.2, 0.25) is 5.78 Å². The van der Waals surface area contributed by atoms with Crippen molar-refractivity contribution in [1.29, 1.82) is 0 Å². The fourth-order valence-electron chi connectivity index (χ4n) is 1.89. The summed E-state index contributed by atoms with van der Waals surface area (Å²) in [5.74, 6) is -1.77. The molecule has 0 fully saturated rings. The van der Waals surface area contributed by atoms with Gasteiger partial charge in [-0.2, -0.15) is 13.2 Å². The van der Waals surface area contributed by atoms with Crippen molar-refractivity contribution in [2.24, 2.45) is 0 Å². The topological polar surface area (TPSA) is 108 Å². The molecule has 0 bridgehead atoms. The number of halogens is 4.